The van der Waals surface area contributed by atoms with Crippen molar-refractivity contribution in [2.45, 2.75) is 25.8 Å². The molecule has 1 atom stereocenters. The van der Waals surface area contributed by atoms with Crippen LogP contribution in [0.5, 0.6) is 0 Å². The second kappa shape index (κ2) is 5.51. The summed E-state index contributed by atoms with van der Waals surface area (Å²) in [6.07, 6.45) is 3.48. The van der Waals surface area contributed by atoms with Gasteiger partial charge in [0.25, 0.3) is 5.91 Å². The molecular formula is C14H18N6O. The monoisotopic (exact) mass is 286 g/mol. The summed E-state index contributed by atoms with van der Waals surface area (Å²) < 4.78 is 0. The molecule has 1 fully saturated rings. The molecule has 0 aromatic carbocycles. The maximum atomic E-state index is 12.5. The number of anilines is 1. The van der Waals surface area contributed by atoms with Gasteiger partial charge in [0.2, 0.25) is 0 Å². The predicted molar refractivity (Wildman–Crippen MR) is 77.9 cm³/mol. The first kappa shape index (κ1) is 13.5. The molecule has 2 N–H and O–H groups in total. The third-order valence-electron chi connectivity index (χ3n) is 3.70. The number of aryl methyl sites for hydroxylation is 1. The van der Waals surface area contributed by atoms with Crippen molar-refractivity contribution in [2.75, 3.05) is 18.9 Å². The fourth-order valence-electron chi connectivity index (χ4n) is 2.74. The number of hydrogen-bond acceptors (Lipinski definition) is 5. The van der Waals surface area contributed by atoms with E-state index in [1.807, 2.05) is 24.9 Å². The Hall–Kier alpha value is -2.44. The second-order valence-electron chi connectivity index (χ2n) is 5.10. The van der Waals surface area contributed by atoms with Gasteiger partial charge in [0.15, 0.2) is 0 Å². The van der Waals surface area contributed by atoms with Gasteiger partial charge >= 0.3 is 0 Å². The Balaban J connectivity index is 1.90. The Labute approximate surface area is 122 Å². The Morgan fingerprint density at radius 2 is 2.33 bits per heavy atom. The standard InChI is InChI=1S/C14H18N6O/c1-9-17-11(8-13(15-2)18-9)12-4-3-7-20(12)14(21)10-5-6-16-19-10/h5-6,8,12H,3-4,7H2,1-2H3,(H,16,19)(H,15,17,18)/t12-/m0/s1. The highest BCUT2D eigenvalue weighted by Crippen LogP contribution is 2.32. The largest absolute Gasteiger partial charge is 0.373 e. The van der Waals surface area contributed by atoms with Crippen molar-refractivity contribution in [1.82, 2.24) is 25.1 Å². The summed E-state index contributed by atoms with van der Waals surface area (Å²) >= 11 is 0. The summed E-state index contributed by atoms with van der Waals surface area (Å²) in [5, 5.41) is 9.61. The lowest BCUT2D eigenvalue weighted by Crippen LogP contribution is -2.31. The van der Waals surface area contributed by atoms with Gasteiger partial charge in [-0.2, -0.15) is 5.10 Å². The Morgan fingerprint density at radius 3 is 3.05 bits per heavy atom. The molecule has 1 aliphatic heterocycles. The lowest BCUT2D eigenvalue weighted by Gasteiger charge is -2.24. The van der Waals surface area contributed by atoms with Crippen LogP contribution in [0.1, 0.15) is 40.9 Å². The van der Waals surface area contributed by atoms with Crippen LogP contribution in [0.2, 0.25) is 0 Å². The van der Waals surface area contributed by atoms with Crippen molar-refractivity contribution < 1.29 is 4.79 Å². The van der Waals surface area contributed by atoms with Crippen molar-refractivity contribution in [1.29, 1.82) is 0 Å². The minimum atomic E-state index is -0.0303. The summed E-state index contributed by atoms with van der Waals surface area (Å²) in [4.78, 5) is 23.2. The van der Waals surface area contributed by atoms with E-state index in [4.69, 9.17) is 0 Å². The maximum absolute atomic E-state index is 12.5. The minimum absolute atomic E-state index is 0.00500. The van der Waals surface area contributed by atoms with Gasteiger partial charge in [0, 0.05) is 25.9 Å². The van der Waals surface area contributed by atoms with E-state index in [-0.39, 0.29) is 11.9 Å². The molecule has 0 aliphatic carbocycles. The molecule has 0 unspecified atom stereocenters. The van der Waals surface area contributed by atoms with Gasteiger partial charge in [-0.3, -0.25) is 9.89 Å². The van der Waals surface area contributed by atoms with Gasteiger partial charge in [0.1, 0.15) is 17.3 Å². The van der Waals surface area contributed by atoms with Crippen LogP contribution in [0.4, 0.5) is 5.82 Å². The van der Waals surface area contributed by atoms with Gasteiger partial charge in [-0.25, -0.2) is 9.97 Å². The molecular weight excluding hydrogens is 268 g/mol. The number of amides is 1. The second-order valence-corrected chi connectivity index (χ2v) is 5.10. The van der Waals surface area contributed by atoms with E-state index in [0.29, 0.717) is 11.5 Å². The number of aromatic nitrogens is 4. The molecule has 0 saturated carbocycles. The smallest absolute Gasteiger partial charge is 0.272 e. The van der Waals surface area contributed by atoms with Gasteiger partial charge in [-0.1, -0.05) is 0 Å². The molecule has 2 aromatic rings. The van der Waals surface area contributed by atoms with Gasteiger partial charge in [0.05, 0.1) is 11.7 Å². The summed E-state index contributed by atoms with van der Waals surface area (Å²) in [5.41, 5.74) is 1.40. The van der Waals surface area contributed by atoms with Crippen LogP contribution in [-0.2, 0) is 0 Å². The van der Waals surface area contributed by atoms with Gasteiger partial charge < -0.3 is 10.2 Å². The lowest BCUT2D eigenvalue weighted by molar-refractivity contribution is 0.0726. The molecule has 0 bridgehead atoms. The van der Waals surface area contributed by atoms with Crippen LogP contribution >= 0.6 is 0 Å². The highest BCUT2D eigenvalue weighted by atomic mass is 16.2. The van der Waals surface area contributed by atoms with E-state index < -0.39 is 0 Å². The molecule has 3 heterocycles. The number of carbonyl (C=O) groups is 1. The molecule has 7 nitrogen and oxygen atoms in total. The molecule has 0 spiro atoms. The zero-order chi connectivity index (χ0) is 14.8. The number of nitrogens with one attached hydrogen (secondary N) is 2. The molecule has 0 radical (unpaired) electrons. The SMILES string of the molecule is CNc1cc([C@@H]2CCCN2C(=O)c2ccn[nH]2)nc(C)n1. The van der Waals surface area contributed by atoms with Gasteiger partial charge in [-0.05, 0) is 25.8 Å². The van der Waals surface area contributed by atoms with E-state index >= 15 is 0 Å². The molecule has 7 heteroatoms. The third kappa shape index (κ3) is 2.58. The molecule has 21 heavy (non-hydrogen) atoms. The van der Waals surface area contributed by atoms with Crippen molar-refractivity contribution in [3.8, 4) is 0 Å². The number of carbonyl (C=O) groups excluding carboxylic acids is 1. The summed E-state index contributed by atoms with van der Waals surface area (Å²) in [6, 6.07) is 3.60. The fraction of sp³-hybridized carbons (Fsp3) is 0.429. The highest BCUT2D eigenvalue weighted by Gasteiger charge is 2.32. The van der Waals surface area contributed by atoms with E-state index in [9.17, 15) is 4.79 Å². The van der Waals surface area contributed by atoms with Crippen molar-refractivity contribution >= 4 is 11.7 Å². The average molecular weight is 286 g/mol. The zero-order valence-corrected chi connectivity index (χ0v) is 12.1. The van der Waals surface area contributed by atoms with Gasteiger partial charge in [-0.15, -0.1) is 0 Å². The molecule has 2 aromatic heterocycles. The molecule has 1 saturated heterocycles. The first-order valence-corrected chi connectivity index (χ1v) is 7.02. The van der Waals surface area contributed by atoms with E-state index in [0.717, 1.165) is 30.9 Å². The van der Waals surface area contributed by atoms with E-state index in [2.05, 4.69) is 25.5 Å². The van der Waals surface area contributed by atoms with Crippen LogP contribution in [0, 0.1) is 6.92 Å². The Morgan fingerprint density at radius 1 is 1.48 bits per heavy atom. The summed E-state index contributed by atoms with van der Waals surface area (Å²) in [6.45, 7) is 2.60. The first-order valence-electron chi connectivity index (χ1n) is 7.02. The topological polar surface area (TPSA) is 86.8 Å². The lowest BCUT2D eigenvalue weighted by atomic mass is 10.1. The van der Waals surface area contributed by atoms with Crippen LogP contribution in [0.15, 0.2) is 18.3 Å². The summed E-state index contributed by atoms with van der Waals surface area (Å²) in [5.74, 6) is 1.45. The van der Waals surface area contributed by atoms with E-state index in [1.54, 1.807) is 12.3 Å². The minimum Gasteiger partial charge on any atom is -0.373 e. The number of rotatable bonds is 3. The van der Waals surface area contributed by atoms with Crippen LogP contribution in [0.25, 0.3) is 0 Å². The Bertz CT molecular complexity index is 639. The summed E-state index contributed by atoms with van der Waals surface area (Å²) in [7, 11) is 1.83. The number of nitrogens with zero attached hydrogens (tertiary/aromatic N) is 4. The van der Waals surface area contributed by atoms with Crippen LogP contribution in [-0.4, -0.2) is 44.6 Å². The van der Waals surface area contributed by atoms with Crippen molar-refractivity contribution in [2.24, 2.45) is 0 Å². The van der Waals surface area contributed by atoms with Crippen LogP contribution in [0.3, 0.4) is 0 Å². The first-order chi connectivity index (χ1) is 10.2. The van der Waals surface area contributed by atoms with Crippen LogP contribution < -0.4 is 5.32 Å². The quantitative estimate of drug-likeness (QED) is 0.893. The number of hydrogen-bond donors (Lipinski definition) is 2. The molecule has 1 amide bonds. The normalized spacial score (nSPS) is 18.0. The van der Waals surface area contributed by atoms with Crippen molar-refractivity contribution in [3.05, 3.63) is 35.5 Å². The maximum Gasteiger partial charge on any atom is 0.272 e. The molecule has 110 valence electrons. The number of aromatic amines is 1. The van der Waals surface area contributed by atoms with Crippen molar-refractivity contribution in [3.63, 3.8) is 0 Å². The predicted octanol–water partition coefficient (Wildman–Crippen LogP) is 1.53. The van der Waals surface area contributed by atoms with E-state index in [1.165, 1.54) is 0 Å². The number of likely N-dealkylation sites (tertiary alicyclic amines) is 1. The number of H-pyrrole nitrogens is 1. The Kier molecular flexibility index (Phi) is 3.55. The highest BCUT2D eigenvalue weighted by molar-refractivity contribution is 5.92. The average Bonchev–Trinajstić information content (AvgIpc) is 3.17. The molecule has 3 rings (SSSR count). The third-order valence-corrected chi connectivity index (χ3v) is 3.70. The zero-order valence-electron chi connectivity index (χ0n) is 12.1. The fourth-order valence-corrected chi connectivity index (χ4v) is 2.74. The molecule has 1 aliphatic rings.